The summed E-state index contributed by atoms with van der Waals surface area (Å²) in [7, 11) is 0. The van der Waals surface area contributed by atoms with Crippen molar-refractivity contribution in [2.75, 3.05) is 5.75 Å². The normalized spacial score (nSPS) is 17.4. The van der Waals surface area contributed by atoms with E-state index < -0.39 is 52.1 Å². The van der Waals surface area contributed by atoms with Gasteiger partial charge in [0.05, 0.1) is 10.7 Å². The van der Waals surface area contributed by atoms with Crippen molar-refractivity contribution in [2.45, 2.75) is 30.0 Å². The number of hydrogen-bond donors (Lipinski definition) is 2. The first-order valence-electron chi connectivity index (χ1n) is 15.2. The maximum atomic E-state index is 13.9. The lowest BCUT2D eigenvalue weighted by molar-refractivity contribution is -0.384. The summed E-state index contributed by atoms with van der Waals surface area (Å²) in [5.41, 5.74) is 1.75. The number of nitro groups is 1. The van der Waals surface area contributed by atoms with E-state index in [1.54, 1.807) is 30.3 Å². The van der Waals surface area contributed by atoms with Crippen molar-refractivity contribution in [3.8, 4) is 0 Å². The van der Waals surface area contributed by atoms with Crippen molar-refractivity contribution in [3.63, 3.8) is 0 Å². The highest BCUT2D eigenvalue weighted by Gasteiger charge is 2.55. The Morgan fingerprint density at radius 2 is 1.43 bits per heavy atom. The first kappa shape index (κ1) is 33.0. The highest BCUT2D eigenvalue weighted by atomic mass is 32.2. The van der Waals surface area contributed by atoms with E-state index in [-0.39, 0.29) is 29.5 Å². The summed E-state index contributed by atoms with van der Waals surface area (Å²) in [5, 5.41) is 23.4. The lowest BCUT2D eigenvalue weighted by Gasteiger charge is -2.49. The zero-order valence-corrected chi connectivity index (χ0v) is 26.5. The number of carbonyl (C=O) groups excluding carboxylic acids is 4. The largest absolute Gasteiger partial charge is 0.509 e. The molecule has 0 bridgehead atoms. The summed E-state index contributed by atoms with van der Waals surface area (Å²) in [6.07, 6.45) is -0.809. The topological polar surface area (TPSA) is 165 Å². The summed E-state index contributed by atoms with van der Waals surface area (Å²) in [5.74, 6) is -5.08. The SMILES string of the molecule is O=C(OCc1ccc([N+](=O)[O-])cc1)C1=C(O)CS[C@H]2[C@@H](NC(=O)C(C(=O)OC(c3ccccc3)c3ccccc3)c3ccccc3)C(=O)N12. The van der Waals surface area contributed by atoms with Crippen molar-refractivity contribution in [3.05, 3.63) is 159 Å². The minimum atomic E-state index is -1.43. The van der Waals surface area contributed by atoms with Crippen LogP contribution in [-0.4, -0.2) is 55.9 Å². The Hall–Kier alpha value is -5.95. The van der Waals surface area contributed by atoms with Gasteiger partial charge in [0.1, 0.15) is 23.8 Å². The van der Waals surface area contributed by atoms with Crippen LogP contribution in [0.25, 0.3) is 0 Å². The van der Waals surface area contributed by atoms with Crippen LogP contribution in [0.2, 0.25) is 0 Å². The van der Waals surface area contributed by atoms with Gasteiger partial charge in [-0.1, -0.05) is 91.0 Å². The van der Waals surface area contributed by atoms with Gasteiger partial charge < -0.3 is 19.9 Å². The van der Waals surface area contributed by atoms with Crippen molar-refractivity contribution < 1.29 is 38.7 Å². The molecule has 2 amide bonds. The number of benzene rings is 4. The zero-order chi connectivity index (χ0) is 34.5. The summed E-state index contributed by atoms with van der Waals surface area (Å²) in [4.78, 5) is 65.6. The standard InChI is InChI=1S/C36H29N3O9S/c40-27-21-49-34-29(33(42)38(34)30(27)36(44)47-20-22-16-18-26(19-17-22)39(45)46)37-32(41)28(23-10-4-1-5-11-23)35(43)48-31(24-12-6-2-7-13-24)25-14-8-3-9-15-25/h1-19,28-29,31,34,40H,20-21H2,(H,37,41)/t28?,29-,34-/m0/s1. The molecule has 2 N–H and O–H groups in total. The fourth-order valence-electron chi connectivity index (χ4n) is 5.57. The van der Waals surface area contributed by atoms with Crippen molar-refractivity contribution in [1.82, 2.24) is 10.2 Å². The number of non-ortho nitro benzene ring substituents is 1. The van der Waals surface area contributed by atoms with Crippen LogP contribution in [0.5, 0.6) is 0 Å². The second-order valence-electron chi connectivity index (χ2n) is 11.2. The first-order valence-corrected chi connectivity index (χ1v) is 16.2. The van der Waals surface area contributed by atoms with E-state index in [4.69, 9.17) is 9.47 Å². The minimum absolute atomic E-state index is 0.0389. The number of amides is 2. The molecule has 0 saturated carbocycles. The number of hydrogen-bond acceptors (Lipinski definition) is 10. The Morgan fingerprint density at radius 1 is 0.878 bits per heavy atom. The van der Waals surface area contributed by atoms with E-state index in [2.05, 4.69) is 5.32 Å². The van der Waals surface area contributed by atoms with Gasteiger partial charge in [-0.3, -0.25) is 29.4 Å². The molecule has 0 radical (unpaired) electrons. The molecule has 4 aromatic carbocycles. The Kier molecular flexibility index (Phi) is 9.72. The molecule has 12 nitrogen and oxygen atoms in total. The maximum Gasteiger partial charge on any atom is 0.358 e. The Labute approximate surface area is 284 Å². The van der Waals surface area contributed by atoms with Crippen LogP contribution in [0.4, 0.5) is 5.69 Å². The third kappa shape index (κ3) is 7.02. The molecule has 4 aromatic rings. The number of aliphatic hydroxyl groups excluding tert-OH is 1. The van der Waals surface area contributed by atoms with E-state index in [0.29, 0.717) is 22.3 Å². The number of fused-ring (bicyclic) bond motifs is 1. The molecule has 2 aliphatic heterocycles. The number of nitro benzene ring substituents is 1. The molecule has 0 aromatic heterocycles. The van der Waals surface area contributed by atoms with Crippen LogP contribution >= 0.6 is 11.8 Å². The number of thioether (sulfide) groups is 1. The molecule has 49 heavy (non-hydrogen) atoms. The number of β-lactam (4-membered cyclic amide) rings is 1. The quantitative estimate of drug-likeness (QED) is 0.0731. The minimum Gasteiger partial charge on any atom is -0.509 e. The molecule has 1 fully saturated rings. The molecular formula is C36H29N3O9S. The van der Waals surface area contributed by atoms with Gasteiger partial charge in [0.15, 0.2) is 17.7 Å². The van der Waals surface area contributed by atoms with Crippen molar-refractivity contribution >= 4 is 41.2 Å². The molecule has 13 heteroatoms. The average Bonchev–Trinajstić information content (AvgIpc) is 3.13. The van der Waals surface area contributed by atoms with Crippen LogP contribution in [0, 0.1) is 10.1 Å². The molecule has 1 unspecified atom stereocenters. The monoisotopic (exact) mass is 679 g/mol. The van der Waals surface area contributed by atoms with Gasteiger partial charge in [0, 0.05) is 12.1 Å². The van der Waals surface area contributed by atoms with Gasteiger partial charge >= 0.3 is 11.9 Å². The van der Waals surface area contributed by atoms with Crippen LogP contribution in [0.1, 0.15) is 34.3 Å². The number of rotatable bonds is 11. The Balaban J connectivity index is 1.17. The number of carbonyl (C=O) groups is 4. The number of esters is 2. The second-order valence-corrected chi connectivity index (χ2v) is 12.3. The fraction of sp³-hybridized carbons (Fsp3) is 0.167. The van der Waals surface area contributed by atoms with E-state index in [1.807, 2.05) is 60.7 Å². The highest BCUT2D eigenvalue weighted by molar-refractivity contribution is 8.00. The number of aliphatic hydroxyl groups is 1. The van der Waals surface area contributed by atoms with Gasteiger partial charge in [-0.05, 0) is 34.4 Å². The summed E-state index contributed by atoms with van der Waals surface area (Å²) >= 11 is 1.13. The van der Waals surface area contributed by atoms with Gasteiger partial charge in [-0.25, -0.2) is 4.79 Å². The number of nitrogens with zero attached hydrogens (tertiary/aromatic N) is 2. The summed E-state index contributed by atoms with van der Waals surface area (Å²) in [6.45, 7) is -0.262. The fourth-order valence-corrected chi connectivity index (χ4v) is 6.77. The first-order chi connectivity index (χ1) is 23.7. The van der Waals surface area contributed by atoms with Gasteiger partial charge in [-0.2, -0.15) is 0 Å². The van der Waals surface area contributed by atoms with Crippen molar-refractivity contribution in [2.24, 2.45) is 0 Å². The molecule has 0 spiro atoms. The van der Waals surface area contributed by atoms with Gasteiger partial charge in [0.25, 0.3) is 11.6 Å². The third-order valence-corrected chi connectivity index (χ3v) is 9.29. The Morgan fingerprint density at radius 3 is 1.98 bits per heavy atom. The zero-order valence-electron chi connectivity index (χ0n) is 25.7. The van der Waals surface area contributed by atoms with Crippen molar-refractivity contribution in [1.29, 1.82) is 0 Å². The molecule has 1 saturated heterocycles. The van der Waals surface area contributed by atoms with E-state index in [9.17, 15) is 34.4 Å². The molecule has 6 rings (SSSR count). The third-order valence-electron chi connectivity index (χ3n) is 8.03. The summed E-state index contributed by atoms with van der Waals surface area (Å²) in [6, 6.07) is 30.9. The predicted octanol–water partition coefficient (Wildman–Crippen LogP) is 4.92. The summed E-state index contributed by atoms with van der Waals surface area (Å²) < 4.78 is 11.4. The molecule has 2 aliphatic rings. The maximum absolute atomic E-state index is 13.9. The van der Waals surface area contributed by atoms with E-state index in [1.165, 1.54) is 24.3 Å². The smallest absolute Gasteiger partial charge is 0.358 e. The second kappa shape index (κ2) is 14.4. The molecule has 3 atom stereocenters. The van der Waals surface area contributed by atoms with Gasteiger partial charge in [0.2, 0.25) is 5.91 Å². The lowest BCUT2D eigenvalue weighted by Crippen LogP contribution is -2.71. The highest BCUT2D eigenvalue weighted by Crippen LogP contribution is 2.40. The van der Waals surface area contributed by atoms with Gasteiger partial charge in [-0.15, -0.1) is 11.8 Å². The van der Waals surface area contributed by atoms with Crippen LogP contribution in [0.15, 0.2) is 127 Å². The number of nitrogens with one attached hydrogen (secondary N) is 1. The molecule has 2 heterocycles. The van der Waals surface area contributed by atoms with Crippen LogP contribution < -0.4 is 5.32 Å². The molecule has 248 valence electrons. The number of ether oxygens (including phenoxy) is 2. The van der Waals surface area contributed by atoms with E-state index in [0.717, 1.165) is 16.7 Å². The van der Waals surface area contributed by atoms with E-state index >= 15 is 0 Å². The van der Waals surface area contributed by atoms with Crippen LogP contribution in [0.3, 0.4) is 0 Å². The Bertz CT molecular complexity index is 1870. The lowest BCUT2D eigenvalue weighted by atomic mass is 9.95. The van der Waals surface area contributed by atoms with Crippen LogP contribution in [-0.2, 0) is 35.3 Å². The molecular weight excluding hydrogens is 650 g/mol. The predicted molar refractivity (Wildman–Crippen MR) is 178 cm³/mol. The molecule has 0 aliphatic carbocycles. The average molecular weight is 680 g/mol.